The zero-order valence-electron chi connectivity index (χ0n) is 5.01. The van der Waals surface area contributed by atoms with Gasteiger partial charge in [0.2, 0.25) is 5.91 Å². The fourth-order valence-electron chi connectivity index (χ4n) is 1.01. The fourth-order valence-corrected chi connectivity index (χ4v) is 1.33. The van der Waals surface area contributed by atoms with Crippen molar-refractivity contribution in [2.75, 3.05) is 6.54 Å². The molecule has 0 saturated carbocycles. The van der Waals surface area contributed by atoms with Gasteiger partial charge in [-0.25, -0.2) is 4.42 Å². The molecule has 9 heavy (non-hydrogen) atoms. The number of hydrogen-bond donors (Lipinski definition) is 1. The van der Waals surface area contributed by atoms with Crippen molar-refractivity contribution in [3.63, 3.8) is 0 Å². The van der Waals surface area contributed by atoms with Crippen LogP contribution < -0.4 is 5.73 Å². The Morgan fingerprint density at radius 2 is 2.44 bits per heavy atom. The van der Waals surface area contributed by atoms with E-state index in [-0.39, 0.29) is 11.9 Å². The zero-order chi connectivity index (χ0) is 6.85. The topological polar surface area (TPSA) is 46.3 Å². The second kappa shape index (κ2) is 2.54. The van der Waals surface area contributed by atoms with E-state index >= 15 is 0 Å². The van der Waals surface area contributed by atoms with Gasteiger partial charge in [-0.3, -0.25) is 4.79 Å². The number of amides is 1. The normalized spacial score (nSPS) is 28.8. The maximum atomic E-state index is 10.5. The van der Waals surface area contributed by atoms with Gasteiger partial charge in [0.05, 0.1) is 0 Å². The van der Waals surface area contributed by atoms with Crippen molar-refractivity contribution in [1.82, 2.24) is 4.42 Å². The van der Waals surface area contributed by atoms with E-state index in [2.05, 4.69) is 0 Å². The molecule has 0 bridgehead atoms. The van der Waals surface area contributed by atoms with Crippen LogP contribution in [0.5, 0.6) is 0 Å². The van der Waals surface area contributed by atoms with Crippen LogP contribution in [0.15, 0.2) is 0 Å². The highest BCUT2D eigenvalue weighted by Gasteiger charge is 2.27. The third kappa shape index (κ3) is 1.34. The van der Waals surface area contributed by atoms with Gasteiger partial charge in [0.25, 0.3) is 0 Å². The molecule has 0 aromatic heterocycles. The van der Waals surface area contributed by atoms with Crippen LogP contribution in [-0.2, 0) is 4.79 Å². The minimum atomic E-state index is -0.317. The Morgan fingerprint density at radius 1 is 1.78 bits per heavy atom. The number of hydrogen-bond acceptors (Lipinski definition) is 2. The Morgan fingerprint density at radius 3 is 2.67 bits per heavy atom. The maximum Gasteiger partial charge on any atom is 0.236 e. The van der Waals surface area contributed by atoms with Gasteiger partial charge in [-0.2, -0.15) is 0 Å². The lowest BCUT2D eigenvalue weighted by atomic mass is 10.2. The fraction of sp³-hybridized carbons (Fsp3) is 0.800. The summed E-state index contributed by atoms with van der Waals surface area (Å²) in [7, 11) is 0. The van der Waals surface area contributed by atoms with E-state index in [1.165, 1.54) is 4.42 Å². The van der Waals surface area contributed by atoms with Gasteiger partial charge in [-0.05, 0) is 24.6 Å². The van der Waals surface area contributed by atoms with Crippen LogP contribution in [0.4, 0.5) is 0 Å². The molecule has 0 spiro atoms. The molecular weight excluding hydrogens is 140 g/mol. The number of carbonyl (C=O) groups is 1. The van der Waals surface area contributed by atoms with E-state index in [0.29, 0.717) is 0 Å². The third-order valence-corrected chi connectivity index (χ3v) is 1.92. The summed E-state index contributed by atoms with van der Waals surface area (Å²) in [6, 6.07) is -0.230. The maximum absolute atomic E-state index is 10.5. The number of halogens is 1. The molecule has 1 saturated heterocycles. The largest absolute Gasteiger partial charge is 0.368 e. The summed E-state index contributed by atoms with van der Waals surface area (Å²) in [5, 5.41) is 0. The highest BCUT2D eigenvalue weighted by atomic mass is 35.5. The molecule has 52 valence electrons. The Balaban J connectivity index is 2.49. The zero-order valence-corrected chi connectivity index (χ0v) is 5.77. The first-order chi connectivity index (χ1) is 4.22. The number of carbonyl (C=O) groups excluding carboxylic acids is 1. The molecule has 3 nitrogen and oxygen atoms in total. The first-order valence-electron chi connectivity index (χ1n) is 2.93. The van der Waals surface area contributed by atoms with E-state index in [9.17, 15) is 4.79 Å². The van der Waals surface area contributed by atoms with Crippen molar-refractivity contribution in [3.05, 3.63) is 0 Å². The number of nitrogens with two attached hydrogens (primary N) is 1. The summed E-state index contributed by atoms with van der Waals surface area (Å²) >= 11 is 5.61. The predicted molar refractivity (Wildman–Crippen MR) is 34.8 cm³/mol. The van der Waals surface area contributed by atoms with Gasteiger partial charge >= 0.3 is 0 Å². The number of rotatable bonds is 1. The van der Waals surface area contributed by atoms with Gasteiger partial charge in [-0.1, -0.05) is 0 Å². The molecule has 1 rings (SSSR count). The molecule has 1 unspecified atom stereocenters. The molecule has 0 aromatic carbocycles. The van der Waals surface area contributed by atoms with Crippen molar-refractivity contribution >= 4 is 17.7 Å². The Kier molecular flexibility index (Phi) is 1.93. The van der Waals surface area contributed by atoms with E-state index in [1.807, 2.05) is 0 Å². The van der Waals surface area contributed by atoms with Crippen LogP contribution in [0, 0.1) is 0 Å². The summed E-state index contributed by atoms with van der Waals surface area (Å²) in [5.41, 5.74) is 5.02. The van der Waals surface area contributed by atoms with Crippen LogP contribution in [0.2, 0.25) is 0 Å². The van der Waals surface area contributed by atoms with Crippen LogP contribution >= 0.6 is 11.8 Å². The summed E-state index contributed by atoms with van der Waals surface area (Å²) in [5.74, 6) is -0.317. The van der Waals surface area contributed by atoms with Crippen LogP contribution in [0.25, 0.3) is 0 Å². The summed E-state index contributed by atoms with van der Waals surface area (Å²) < 4.78 is 1.47. The Bertz CT molecular complexity index is 128. The average Bonchev–Trinajstić information content (AvgIpc) is 2.13. The second-order valence-corrected chi connectivity index (χ2v) is 2.62. The number of nitrogens with zero attached hydrogens (tertiary/aromatic N) is 1. The monoisotopic (exact) mass is 148 g/mol. The summed E-state index contributed by atoms with van der Waals surface area (Å²) in [4.78, 5) is 10.5. The molecular formula is C5H9ClN2O. The molecule has 1 aliphatic rings. The SMILES string of the molecule is NC(=O)C1CCCN1Cl. The molecule has 1 atom stereocenters. The number of primary amides is 1. The molecule has 1 aliphatic heterocycles. The van der Waals surface area contributed by atoms with E-state index in [4.69, 9.17) is 17.5 Å². The van der Waals surface area contributed by atoms with Crippen LogP contribution in [0.1, 0.15) is 12.8 Å². The van der Waals surface area contributed by atoms with Crippen molar-refractivity contribution in [2.24, 2.45) is 5.73 Å². The molecule has 4 heteroatoms. The lowest BCUT2D eigenvalue weighted by Crippen LogP contribution is -2.34. The van der Waals surface area contributed by atoms with E-state index in [0.717, 1.165) is 19.4 Å². The van der Waals surface area contributed by atoms with Crippen molar-refractivity contribution < 1.29 is 4.79 Å². The van der Waals surface area contributed by atoms with Crippen molar-refractivity contribution in [2.45, 2.75) is 18.9 Å². The Hall–Kier alpha value is -0.280. The quantitative estimate of drug-likeness (QED) is 0.536. The molecule has 0 aromatic rings. The predicted octanol–water partition coefficient (Wildman–Crippen LogP) is 0.0899. The second-order valence-electron chi connectivity index (χ2n) is 2.18. The molecule has 1 amide bonds. The highest BCUT2D eigenvalue weighted by molar-refractivity contribution is 6.15. The summed E-state index contributed by atoms with van der Waals surface area (Å²) in [6.07, 6.45) is 1.77. The molecule has 1 heterocycles. The van der Waals surface area contributed by atoms with Crippen molar-refractivity contribution in [1.29, 1.82) is 0 Å². The standard InChI is InChI=1S/C5H9ClN2O/c6-8-3-1-2-4(8)5(7)9/h4H,1-3H2,(H2,7,9). The molecule has 0 aliphatic carbocycles. The van der Waals surface area contributed by atoms with Gasteiger partial charge in [-0.15, -0.1) is 0 Å². The molecule has 1 fully saturated rings. The molecule has 0 radical (unpaired) electrons. The van der Waals surface area contributed by atoms with Crippen molar-refractivity contribution in [3.8, 4) is 0 Å². The lowest BCUT2D eigenvalue weighted by Gasteiger charge is -2.10. The summed E-state index contributed by atoms with van der Waals surface area (Å²) in [6.45, 7) is 0.773. The molecule has 2 N–H and O–H groups in total. The van der Waals surface area contributed by atoms with E-state index in [1.54, 1.807) is 0 Å². The average molecular weight is 149 g/mol. The van der Waals surface area contributed by atoms with Gasteiger partial charge < -0.3 is 5.73 Å². The minimum absolute atomic E-state index is 0.230. The minimum Gasteiger partial charge on any atom is -0.368 e. The van der Waals surface area contributed by atoms with Gasteiger partial charge in [0.1, 0.15) is 6.04 Å². The van der Waals surface area contributed by atoms with Crippen LogP contribution in [0.3, 0.4) is 0 Å². The van der Waals surface area contributed by atoms with Crippen LogP contribution in [-0.4, -0.2) is 22.9 Å². The first-order valence-corrected chi connectivity index (χ1v) is 3.27. The first kappa shape index (κ1) is 6.83. The lowest BCUT2D eigenvalue weighted by molar-refractivity contribution is -0.120. The van der Waals surface area contributed by atoms with E-state index < -0.39 is 0 Å². The van der Waals surface area contributed by atoms with Gasteiger partial charge in [0.15, 0.2) is 0 Å². The smallest absolute Gasteiger partial charge is 0.236 e. The van der Waals surface area contributed by atoms with Gasteiger partial charge in [0, 0.05) is 6.54 Å². The third-order valence-electron chi connectivity index (χ3n) is 1.52. The highest BCUT2D eigenvalue weighted by Crippen LogP contribution is 2.17. The Labute approximate surface area is 58.9 Å².